The minimum Gasteiger partial charge on any atom is -0.381 e. The Labute approximate surface area is 108 Å². The molecule has 0 saturated carbocycles. The molecule has 1 N–H and O–H groups in total. The Morgan fingerprint density at radius 3 is 3.12 bits per heavy atom. The molecule has 1 aliphatic heterocycles. The average Bonchev–Trinajstić information content (AvgIpc) is 2.75. The Morgan fingerprint density at radius 2 is 2.50 bits per heavy atom. The van der Waals surface area contributed by atoms with Crippen molar-refractivity contribution in [3.63, 3.8) is 0 Å². The third-order valence-electron chi connectivity index (χ3n) is 2.59. The van der Waals surface area contributed by atoms with E-state index in [0.717, 1.165) is 15.6 Å². The number of halogens is 1. The number of pyridine rings is 1. The number of ether oxygens (including phenoxy) is 1. The summed E-state index contributed by atoms with van der Waals surface area (Å²) in [6, 6.07) is 1.99. The van der Waals surface area contributed by atoms with E-state index in [1.54, 1.807) is 6.20 Å². The molecule has 16 heavy (non-hydrogen) atoms. The van der Waals surface area contributed by atoms with Crippen LogP contribution in [0.2, 0.25) is 0 Å². The molecule has 1 saturated heterocycles. The fourth-order valence-corrected chi connectivity index (χ4v) is 2.24. The first-order chi connectivity index (χ1) is 7.66. The Balaban J connectivity index is 2.05. The number of amides is 1. The maximum absolute atomic E-state index is 11.8. The second-order valence-electron chi connectivity index (χ2n) is 3.87. The van der Waals surface area contributed by atoms with Gasteiger partial charge < -0.3 is 10.1 Å². The van der Waals surface area contributed by atoms with Gasteiger partial charge in [-0.25, -0.2) is 4.98 Å². The van der Waals surface area contributed by atoms with E-state index in [1.807, 2.05) is 13.0 Å². The van der Waals surface area contributed by atoms with Gasteiger partial charge in [0.1, 0.15) is 5.82 Å². The monoisotopic (exact) mass is 332 g/mol. The molecule has 1 unspecified atom stereocenters. The fourth-order valence-electron chi connectivity index (χ4n) is 1.63. The number of nitrogens with one attached hydrogen (secondary N) is 1. The van der Waals surface area contributed by atoms with Crippen LogP contribution in [-0.4, -0.2) is 24.1 Å². The number of nitrogens with zero attached hydrogens (tertiary/aromatic N) is 1. The first kappa shape index (κ1) is 11.8. The SMILES string of the molecule is Cc1cc(I)cnc1NC(=O)C1CCOC1. The summed E-state index contributed by atoms with van der Waals surface area (Å²) in [5, 5.41) is 2.85. The second-order valence-corrected chi connectivity index (χ2v) is 5.11. The van der Waals surface area contributed by atoms with E-state index in [-0.39, 0.29) is 11.8 Å². The zero-order chi connectivity index (χ0) is 11.5. The second kappa shape index (κ2) is 5.09. The zero-order valence-corrected chi connectivity index (χ0v) is 11.2. The highest BCUT2D eigenvalue weighted by atomic mass is 127. The average molecular weight is 332 g/mol. The van der Waals surface area contributed by atoms with Gasteiger partial charge in [0.25, 0.3) is 0 Å². The maximum atomic E-state index is 11.8. The smallest absolute Gasteiger partial charge is 0.231 e. The summed E-state index contributed by atoms with van der Waals surface area (Å²) in [6.45, 7) is 3.14. The lowest BCUT2D eigenvalue weighted by Crippen LogP contribution is -2.23. The molecule has 86 valence electrons. The third-order valence-corrected chi connectivity index (χ3v) is 3.18. The predicted molar refractivity (Wildman–Crippen MR) is 69.2 cm³/mol. The first-order valence-electron chi connectivity index (χ1n) is 5.17. The van der Waals surface area contributed by atoms with Crippen LogP contribution in [0.4, 0.5) is 5.82 Å². The summed E-state index contributed by atoms with van der Waals surface area (Å²) < 4.78 is 6.25. The molecule has 2 rings (SSSR count). The van der Waals surface area contributed by atoms with E-state index in [0.29, 0.717) is 19.0 Å². The lowest BCUT2D eigenvalue weighted by Gasteiger charge is -2.10. The van der Waals surface area contributed by atoms with Crippen LogP contribution in [0.5, 0.6) is 0 Å². The molecule has 0 aliphatic carbocycles. The van der Waals surface area contributed by atoms with Crippen LogP contribution in [0.3, 0.4) is 0 Å². The van der Waals surface area contributed by atoms with Crippen molar-refractivity contribution >= 4 is 34.3 Å². The van der Waals surface area contributed by atoms with Gasteiger partial charge >= 0.3 is 0 Å². The van der Waals surface area contributed by atoms with Crippen LogP contribution in [0.15, 0.2) is 12.3 Å². The molecule has 4 nitrogen and oxygen atoms in total. The minimum absolute atomic E-state index is 0.00862. The summed E-state index contributed by atoms with van der Waals surface area (Å²) in [6.07, 6.45) is 2.55. The Hall–Kier alpha value is -0.690. The molecule has 0 radical (unpaired) electrons. The molecule has 2 heterocycles. The number of aryl methyl sites for hydroxylation is 1. The van der Waals surface area contributed by atoms with E-state index in [2.05, 4.69) is 32.9 Å². The fraction of sp³-hybridized carbons (Fsp3) is 0.455. The highest BCUT2D eigenvalue weighted by Gasteiger charge is 2.24. The topological polar surface area (TPSA) is 51.2 Å². The number of aromatic nitrogens is 1. The van der Waals surface area contributed by atoms with Crippen LogP contribution < -0.4 is 5.32 Å². The molecule has 0 spiro atoms. The predicted octanol–water partition coefficient (Wildman–Crippen LogP) is 1.97. The van der Waals surface area contributed by atoms with Crippen molar-refractivity contribution in [2.75, 3.05) is 18.5 Å². The quantitative estimate of drug-likeness (QED) is 0.843. The third kappa shape index (κ3) is 2.70. The lowest BCUT2D eigenvalue weighted by molar-refractivity contribution is -0.119. The largest absolute Gasteiger partial charge is 0.381 e. The number of rotatable bonds is 2. The molecule has 1 aromatic heterocycles. The highest BCUT2D eigenvalue weighted by Crippen LogP contribution is 2.18. The van der Waals surface area contributed by atoms with Gasteiger partial charge in [0, 0.05) is 16.4 Å². The number of hydrogen-bond donors (Lipinski definition) is 1. The van der Waals surface area contributed by atoms with Gasteiger partial charge in [0.15, 0.2) is 0 Å². The summed E-state index contributed by atoms with van der Waals surface area (Å²) in [5.41, 5.74) is 0.985. The van der Waals surface area contributed by atoms with Crippen LogP contribution in [-0.2, 0) is 9.53 Å². The maximum Gasteiger partial charge on any atom is 0.231 e. The van der Waals surface area contributed by atoms with Crippen molar-refractivity contribution in [1.29, 1.82) is 0 Å². The zero-order valence-electron chi connectivity index (χ0n) is 9.00. The van der Waals surface area contributed by atoms with Crippen molar-refractivity contribution in [1.82, 2.24) is 4.98 Å². The number of anilines is 1. The van der Waals surface area contributed by atoms with Crippen LogP contribution in [0.25, 0.3) is 0 Å². The van der Waals surface area contributed by atoms with Crippen molar-refractivity contribution in [3.8, 4) is 0 Å². The number of hydrogen-bond acceptors (Lipinski definition) is 3. The van der Waals surface area contributed by atoms with Gasteiger partial charge in [0.05, 0.1) is 12.5 Å². The highest BCUT2D eigenvalue weighted by molar-refractivity contribution is 14.1. The molecule has 1 aromatic rings. The van der Waals surface area contributed by atoms with Crippen molar-refractivity contribution in [2.45, 2.75) is 13.3 Å². The molecular formula is C11H13IN2O2. The van der Waals surface area contributed by atoms with Gasteiger partial charge in [-0.3, -0.25) is 4.79 Å². The molecule has 1 amide bonds. The summed E-state index contributed by atoms with van der Waals surface area (Å²) in [7, 11) is 0. The van der Waals surface area contributed by atoms with Gasteiger partial charge in [-0.2, -0.15) is 0 Å². The number of carbonyl (C=O) groups excluding carboxylic acids is 1. The van der Waals surface area contributed by atoms with Crippen LogP contribution in [0, 0.1) is 16.4 Å². The first-order valence-corrected chi connectivity index (χ1v) is 6.25. The Morgan fingerprint density at radius 1 is 1.69 bits per heavy atom. The van der Waals surface area contributed by atoms with Crippen LogP contribution >= 0.6 is 22.6 Å². The normalized spacial score (nSPS) is 19.8. The van der Waals surface area contributed by atoms with E-state index in [9.17, 15) is 4.79 Å². The molecule has 1 atom stereocenters. The van der Waals surface area contributed by atoms with Crippen molar-refractivity contribution in [2.24, 2.45) is 5.92 Å². The van der Waals surface area contributed by atoms with E-state index < -0.39 is 0 Å². The van der Waals surface area contributed by atoms with E-state index in [1.165, 1.54) is 0 Å². The molecular weight excluding hydrogens is 319 g/mol. The molecule has 0 aromatic carbocycles. The van der Waals surface area contributed by atoms with E-state index >= 15 is 0 Å². The molecule has 5 heteroatoms. The molecule has 1 aliphatic rings. The van der Waals surface area contributed by atoms with Gasteiger partial charge in [-0.05, 0) is 47.6 Å². The molecule has 0 bridgehead atoms. The van der Waals surface area contributed by atoms with Crippen molar-refractivity contribution in [3.05, 3.63) is 21.4 Å². The number of carbonyl (C=O) groups is 1. The Bertz CT molecular complexity index is 403. The summed E-state index contributed by atoms with van der Waals surface area (Å²) in [5.74, 6) is 0.632. The lowest BCUT2D eigenvalue weighted by atomic mass is 10.1. The minimum atomic E-state index is -0.0273. The standard InChI is InChI=1S/C11H13IN2O2/c1-7-4-9(12)5-13-10(7)14-11(15)8-2-3-16-6-8/h4-5,8H,2-3,6H2,1H3,(H,13,14,15). The summed E-state index contributed by atoms with van der Waals surface area (Å²) in [4.78, 5) is 16.0. The van der Waals surface area contributed by atoms with Crippen molar-refractivity contribution < 1.29 is 9.53 Å². The van der Waals surface area contributed by atoms with Gasteiger partial charge in [0.2, 0.25) is 5.91 Å². The molecule has 1 fully saturated rings. The Kier molecular flexibility index (Phi) is 3.75. The summed E-state index contributed by atoms with van der Waals surface area (Å²) >= 11 is 2.20. The van der Waals surface area contributed by atoms with E-state index in [4.69, 9.17) is 4.74 Å². The van der Waals surface area contributed by atoms with Gasteiger partial charge in [-0.1, -0.05) is 0 Å². The van der Waals surface area contributed by atoms with Crippen LogP contribution in [0.1, 0.15) is 12.0 Å². The van der Waals surface area contributed by atoms with Gasteiger partial charge in [-0.15, -0.1) is 0 Å².